The number of hydrogen-bond acceptors (Lipinski definition) is 7. The van der Waals surface area contributed by atoms with Gasteiger partial charge in [-0.1, -0.05) is 12.1 Å². The number of aliphatic hydroxyl groups is 1. The lowest BCUT2D eigenvalue weighted by Crippen LogP contribution is -2.55. The van der Waals surface area contributed by atoms with Crippen LogP contribution in [0.25, 0.3) is 22.2 Å². The van der Waals surface area contributed by atoms with Gasteiger partial charge in [0.15, 0.2) is 5.96 Å². The number of β-amino-alcohol motifs (C(OH)–C–C–N with tert-alkyl or cyclic N) is 1. The monoisotopic (exact) mass is 435 g/mol. The van der Waals surface area contributed by atoms with Crippen molar-refractivity contribution in [2.75, 3.05) is 25.4 Å². The molecule has 32 heavy (non-hydrogen) atoms. The molecule has 9 heteroatoms. The van der Waals surface area contributed by atoms with Crippen molar-refractivity contribution in [1.29, 1.82) is 0 Å². The van der Waals surface area contributed by atoms with Crippen LogP contribution in [0.5, 0.6) is 0 Å². The Hall–Kier alpha value is -3.43. The molecule has 3 aromatic rings. The third kappa shape index (κ3) is 3.59. The summed E-state index contributed by atoms with van der Waals surface area (Å²) in [4.78, 5) is 6.87. The van der Waals surface area contributed by atoms with E-state index in [1.807, 2.05) is 35.0 Å². The van der Waals surface area contributed by atoms with Crippen molar-refractivity contribution < 1.29 is 9.50 Å². The molecule has 1 saturated heterocycles. The predicted octanol–water partition coefficient (Wildman–Crippen LogP) is 1.52. The fourth-order valence-corrected chi connectivity index (χ4v) is 4.29. The van der Waals surface area contributed by atoms with Crippen LogP contribution in [0.3, 0.4) is 0 Å². The zero-order valence-corrected chi connectivity index (χ0v) is 17.8. The molecule has 1 aromatic heterocycles. The summed E-state index contributed by atoms with van der Waals surface area (Å²) >= 11 is 0. The Morgan fingerprint density at radius 2 is 2.00 bits per heavy atom. The Morgan fingerprint density at radius 3 is 2.78 bits per heavy atom. The van der Waals surface area contributed by atoms with Crippen LogP contribution in [0.4, 0.5) is 10.1 Å². The normalized spacial score (nSPS) is 21.6. The number of likely N-dealkylation sites (tertiary alicyclic amines) is 1. The van der Waals surface area contributed by atoms with Gasteiger partial charge < -0.3 is 26.8 Å². The number of guanidine groups is 1. The number of rotatable bonds is 2. The second-order valence-electron chi connectivity index (χ2n) is 8.36. The van der Waals surface area contributed by atoms with E-state index in [-0.39, 0.29) is 11.7 Å². The number of nitrogens with two attached hydrogens (primary N) is 2. The number of halogens is 1. The first-order chi connectivity index (χ1) is 15.4. The summed E-state index contributed by atoms with van der Waals surface area (Å²) in [5.41, 5.74) is 16.0. The van der Waals surface area contributed by atoms with Crippen LogP contribution in [0.1, 0.15) is 17.5 Å². The minimum Gasteiger partial charge on any atom is -0.396 e. The molecular weight excluding hydrogens is 409 g/mol. The zero-order chi connectivity index (χ0) is 22.4. The first-order valence-electron chi connectivity index (χ1n) is 10.6. The summed E-state index contributed by atoms with van der Waals surface area (Å²) in [6.45, 7) is 1.59. The molecule has 2 unspecified atom stereocenters. The fourth-order valence-electron chi connectivity index (χ4n) is 4.29. The molecule has 0 amide bonds. The summed E-state index contributed by atoms with van der Waals surface area (Å²) in [6, 6.07) is 10.6. The molecule has 5 rings (SSSR count). The number of nitrogen functional groups attached to an aromatic ring is 1. The highest BCUT2D eigenvalue weighted by atomic mass is 19.1. The second-order valence-corrected chi connectivity index (χ2v) is 8.36. The first kappa shape index (κ1) is 20.5. The number of nitrogens with one attached hydrogen (secondary N) is 1. The lowest BCUT2D eigenvalue weighted by atomic mass is 9.97. The summed E-state index contributed by atoms with van der Waals surface area (Å²) < 4.78 is 16.2. The van der Waals surface area contributed by atoms with Crippen LogP contribution < -0.4 is 16.8 Å². The first-order valence-corrected chi connectivity index (χ1v) is 10.6. The number of piperidine rings is 1. The number of aromatic nitrogens is 2. The summed E-state index contributed by atoms with van der Waals surface area (Å²) in [6.07, 6.45) is 1.87. The standard InChI is InChI=1S/C23H26FN7O/c1-30-20-5-3-13(8-15(20)10-28-30)16-11-27-23(31-7-6-19(26)21(32)12-31)29-22(16)14-2-4-18(25)17(24)9-14/h2-5,8-10,19,21,32H,6-7,11-12,25-26H2,1H3,(H,27,29). The lowest BCUT2D eigenvalue weighted by molar-refractivity contribution is 0.0818. The van der Waals surface area contributed by atoms with E-state index >= 15 is 0 Å². The maximum atomic E-state index is 14.3. The van der Waals surface area contributed by atoms with E-state index in [4.69, 9.17) is 16.5 Å². The van der Waals surface area contributed by atoms with Gasteiger partial charge in [-0.15, -0.1) is 0 Å². The largest absolute Gasteiger partial charge is 0.396 e. The van der Waals surface area contributed by atoms with Crippen molar-refractivity contribution >= 4 is 33.8 Å². The molecule has 0 bridgehead atoms. The summed E-state index contributed by atoms with van der Waals surface area (Å²) in [5, 5.41) is 18.9. The van der Waals surface area contributed by atoms with Crippen molar-refractivity contribution in [3.05, 3.63) is 59.5 Å². The van der Waals surface area contributed by atoms with Crippen LogP contribution in [0.2, 0.25) is 0 Å². The molecule has 2 aliphatic rings. The molecule has 0 saturated carbocycles. The number of aliphatic imine (C=N–C) groups is 1. The Morgan fingerprint density at radius 1 is 1.19 bits per heavy atom. The topological polar surface area (TPSA) is 118 Å². The Labute approximate surface area is 185 Å². The number of aryl methyl sites for hydroxylation is 1. The van der Waals surface area contributed by atoms with Gasteiger partial charge in [0, 0.05) is 49.2 Å². The van der Waals surface area contributed by atoms with Gasteiger partial charge in [-0.3, -0.25) is 4.68 Å². The molecule has 2 aliphatic heterocycles. The molecular formula is C23H26FN7O. The minimum atomic E-state index is -0.621. The van der Waals surface area contributed by atoms with E-state index in [9.17, 15) is 9.50 Å². The number of fused-ring (bicyclic) bond motifs is 1. The Bertz CT molecular complexity index is 1250. The summed E-state index contributed by atoms with van der Waals surface area (Å²) in [5.74, 6) is 0.168. The highest BCUT2D eigenvalue weighted by Gasteiger charge is 2.29. The Kier molecular flexibility index (Phi) is 5.07. The highest BCUT2D eigenvalue weighted by molar-refractivity contribution is 6.01. The number of hydrogen-bond donors (Lipinski definition) is 4. The van der Waals surface area contributed by atoms with Gasteiger partial charge in [0.2, 0.25) is 0 Å². The SMILES string of the molecule is Cn1ncc2cc(C3=C(c4ccc(N)c(F)c4)N=C(N4CCC(N)C(O)C4)NC3)ccc21. The minimum absolute atomic E-state index is 0.0963. The molecule has 0 spiro atoms. The zero-order valence-electron chi connectivity index (χ0n) is 17.8. The van der Waals surface area contributed by atoms with Crippen molar-refractivity contribution in [1.82, 2.24) is 20.0 Å². The average molecular weight is 436 g/mol. The highest BCUT2D eigenvalue weighted by Crippen LogP contribution is 2.32. The molecule has 0 radical (unpaired) electrons. The van der Waals surface area contributed by atoms with E-state index in [1.54, 1.807) is 12.1 Å². The van der Waals surface area contributed by atoms with E-state index in [1.165, 1.54) is 6.07 Å². The quantitative estimate of drug-likeness (QED) is 0.454. The maximum absolute atomic E-state index is 14.3. The number of anilines is 1. The van der Waals surface area contributed by atoms with Gasteiger partial charge >= 0.3 is 0 Å². The molecule has 2 aromatic carbocycles. The van der Waals surface area contributed by atoms with Crippen molar-refractivity contribution in [2.45, 2.75) is 18.6 Å². The molecule has 0 aliphatic carbocycles. The molecule has 6 N–H and O–H groups in total. The van der Waals surface area contributed by atoms with Crippen LogP contribution >= 0.6 is 0 Å². The average Bonchev–Trinajstić information content (AvgIpc) is 3.17. The number of benzene rings is 2. The fraction of sp³-hybridized carbons (Fsp3) is 0.304. The van der Waals surface area contributed by atoms with Crippen LogP contribution in [-0.2, 0) is 7.05 Å². The smallest absolute Gasteiger partial charge is 0.199 e. The van der Waals surface area contributed by atoms with Crippen LogP contribution in [-0.4, -0.2) is 57.5 Å². The van der Waals surface area contributed by atoms with Gasteiger partial charge in [-0.25, -0.2) is 9.38 Å². The third-order valence-corrected chi connectivity index (χ3v) is 6.23. The molecule has 3 heterocycles. The predicted molar refractivity (Wildman–Crippen MR) is 124 cm³/mol. The maximum Gasteiger partial charge on any atom is 0.199 e. The van der Waals surface area contributed by atoms with Crippen LogP contribution in [0.15, 0.2) is 47.6 Å². The van der Waals surface area contributed by atoms with Gasteiger partial charge in [0.05, 0.1) is 29.2 Å². The second kappa shape index (κ2) is 7.92. The van der Waals surface area contributed by atoms with Gasteiger partial charge in [0.25, 0.3) is 0 Å². The number of aliphatic hydroxyl groups excluding tert-OH is 1. The Balaban J connectivity index is 1.61. The lowest BCUT2D eigenvalue weighted by Gasteiger charge is -2.37. The third-order valence-electron chi connectivity index (χ3n) is 6.23. The van der Waals surface area contributed by atoms with Gasteiger partial charge in [-0.05, 0) is 36.2 Å². The van der Waals surface area contributed by atoms with Gasteiger partial charge in [0.1, 0.15) is 5.82 Å². The van der Waals surface area contributed by atoms with Crippen molar-refractivity contribution in [3.63, 3.8) is 0 Å². The van der Waals surface area contributed by atoms with E-state index in [2.05, 4.69) is 16.5 Å². The molecule has 8 nitrogen and oxygen atoms in total. The van der Waals surface area contributed by atoms with Gasteiger partial charge in [-0.2, -0.15) is 5.10 Å². The molecule has 2 atom stereocenters. The van der Waals surface area contributed by atoms with E-state index in [0.717, 1.165) is 22.0 Å². The van der Waals surface area contributed by atoms with E-state index < -0.39 is 11.9 Å². The molecule has 166 valence electrons. The van der Waals surface area contributed by atoms with Crippen LogP contribution in [0, 0.1) is 5.82 Å². The van der Waals surface area contributed by atoms with Crippen molar-refractivity contribution in [3.8, 4) is 0 Å². The van der Waals surface area contributed by atoms with Crippen molar-refractivity contribution in [2.24, 2.45) is 17.8 Å². The van der Waals surface area contributed by atoms with E-state index in [0.29, 0.717) is 43.3 Å². The summed E-state index contributed by atoms with van der Waals surface area (Å²) in [7, 11) is 1.90. The molecule has 1 fully saturated rings. The number of nitrogens with zero attached hydrogens (tertiary/aromatic N) is 4.